The molecule has 0 saturated heterocycles. The summed E-state index contributed by atoms with van der Waals surface area (Å²) < 4.78 is 5.52. The maximum atomic E-state index is 13.9. The molecule has 1 aliphatic heterocycles. The molecule has 3 unspecified atom stereocenters. The number of halogens is 1. The van der Waals surface area contributed by atoms with Crippen LogP contribution in [0.5, 0.6) is 0 Å². The molecule has 7 heteroatoms. The van der Waals surface area contributed by atoms with E-state index in [9.17, 15) is 9.59 Å². The number of hydrogen-bond donors (Lipinski definition) is 0. The molecule has 3 atom stereocenters. The molecular weight excluding hydrogens is 504 g/mol. The molecule has 37 heavy (non-hydrogen) atoms. The molecule has 194 valence electrons. The number of carbonyl (C=O) groups is 2. The van der Waals surface area contributed by atoms with Crippen LogP contribution in [-0.4, -0.2) is 54.5 Å². The minimum absolute atomic E-state index is 0.0153. The number of hydrogen-bond acceptors (Lipinski definition) is 4. The number of ether oxygens (including phenoxy) is 1. The third kappa shape index (κ3) is 5.92. The Kier molecular flexibility index (Phi) is 8.28. The first kappa shape index (κ1) is 26.0. The fraction of sp³-hybridized carbons (Fsp3) is 0.400. The summed E-state index contributed by atoms with van der Waals surface area (Å²) in [4.78, 5) is 32.5. The third-order valence-corrected chi connectivity index (χ3v) is 8.61. The van der Waals surface area contributed by atoms with E-state index < -0.39 is 0 Å². The van der Waals surface area contributed by atoms with E-state index in [1.807, 2.05) is 54.3 Å². The molecule has 0 bridgehead atoms. The highest BCUT2D eigenvalue weighted by Crippen LogP contribution is 2.48. The molecule has 0 radical (unpaired) electrons. The lowest BCUT2D eigenvalue weighted by molar-refractivity contribution is -0.142. The van der Waals surface area contributed by atoms with Gasteiger partial charge < -0.3 is 14.5 Å². The van der Waals surface area contributed by atoms with Crippen molar-refractivity contribution in [2.24, 2.45) is 5.92 Å². The molecule has 5 nitrogen and oxygen atoms in total. The number of nitrogens with zero attached hydrogens (tertiary/aromatic N) is 2. The average Bonchev–Trinajstić information content (AvgIpc) is 3.58. The first-order chi connectivity index (χ1) is 18.1. The molecule has 1 aliphatic carbocycles. The van der Waals surface area contributed by atoms with Gasteiger partial charge in [-0.3, -0.25) is 9.59 Å². The molecule has 5 rings (SSSR count). The van der Waals surface area contributed by atoms with Gasteiger partial charge in [0.2, 0.25) is 11.8 Å². The van der Waals surface area contributed by atoms with Gasteiger partial charge in [-0.1, -0.05) is 54.1 Å². The van der Waals surface area contributed by atoms with Crippen LogP contribution in [0.25, 0.3) is 0 Å². The number of amides is 2. The molecule has 2 aliphatic rings. The highest BCUT2D eigenvalue weighted by molar-refractivity contribution is 7.10. The Morgan fingerprint density at radius 2 is 1.86 bits per heavy atom. The van der Waals surface area contributed by atoms with Gasteiger partial charge in [0.25, 0.3) is 0 Å². The van der Waals surface area contributed by atoms with Crippen molar-refractivity contribution < 1.29 is 14.3 Å². The van der Waals surface area contributed by atoms with Gasteiger partial charge in [0, 0.05) is 42.1 Å². The largest absolute Gasteiger partial charge is 0.382 e. The van der Waals surface area contributed by atoms with Crippen LogP contribution in [-0.2, 0) is 20.7 Å². The molecule has 1 saturated carbocycles. The summed E-state index contributed by atoms with van der Waals surface area (Å²) in [7, 11) is 0. The van der Waals surface area contributed by atoms with Crippen LogP contribution < -0.4 is 0 Å². The van der Waals surface area contributed by atoms with Crippen molar-refractivity contribution in [2.45, 2.75) is 38.1 Å². The van der Waals surface area contributed by atoms with Crippen molar-refractivity contribution in [1.82, 2.24) is 9.80 Å². The fourth-order valence-corrected chi connectivity index (χ4v) is 6.41. The lowest BCUT2D eigenvalue weighted by Crippen LogP contribution is -2.47. The lowest BCUT2D eigenvalue weighted by Gasteiger charge is -2.37. The van der Waals surface area contributed by atoms with E-state index in [0.29, 0.717) is 37.7 Å². The standard InChI is InChI=1S/C30H33ClN2O3S/c1-2-36-17-6-15-32(30(35)26-19-25(26)21-7-4-3-5-8-21)20-28(34)33-16-13-27-24(14-18-37-27)29(33)22-9-11-23(31)12-10-22/h3-5,7-12,14,18,25-26,29H,2,6,13,15-17,19-20H2,1H3. The van der Waals surface area contributed by atoms with E-state index in [0.717, 1.165) is 18.4 Å². The first-order valence-corrected chi connectivity index (χ1v) is 14.3. The minimum Gasteiger partial charge on any atom is -0.382 e. The summed E-state index contributed by atoms with van der Waals surface area (Å²) in [6.07, 6.45) is 2.39. The number of thiophene rings is 1. The first-order valence-electron chi connectivity index (χ1n) is 13.1. The van der Waals surface area contributed by atoms with E-state index in [1.54, 1.807) is 16.2 Å². The van der Waals surface area contributed by atoms with Crippen molar-refractivity contribution in [3.63, 3.8) is 0 Å². The fourth-order valence-electron chi connectivity index (χ4n) is 5.38. The van der Waals surface area contributed by atoms with Crippen LogP contribution in [0, 0.1) is 5.92 Å². The Bertz CT molecular complexity index is 1210. The second-order valence-electron chi connectivity index (χ2n) is 9.76. The number of benzene rings is 2. The molecular formula is C30H33ClN2O3S. The van der Waals surface area contributed by atoms with Gasteiger partial charge in [0.1, 0.15) is 0 Å². The smallest absolute Gasteiger partial charge is 0.242 e. The monoisotopic (exact) mass is 536 g/mol. The van der Waals surface area contributed by atoms with Crippen LogP contribution in [0.15, 0.2) is 66.0 Å². The normalized spacial score (nSPS) is 20.4. The Balaban J connectivity index is 1.34. The Morgan fingerprint density at radius 3 is 2.62 bits per heavy atom. The van der Waals surface area contributed by atoms with E-state index in [-0.39, 0.29) is 36.2 Å². The van der Waals surface area contributed by atoms with Crippen LogP contribution in [0.4, 0.5) is 0 Å². The third-order valence-electron chi connectivity index (χ3n) is 7.37. The van der Waals surface area contributed by atoms with Crippen LogP contribution in [0.2, 0.25) is 5.02 Å². The van der Waals surface area contributed by atoms with Crippen molar-refractivity contribution in [2.75, 3.05) is 32.8 Å². The number of fused-ring (bicyclic) bond motifs is 1. The van der Waals surface area contributed by atoms with Gasteiger partial charge in [-0.25, -0.2) is 0 Å². The summed E-state index contributed by atoms with van der Waals surface area (Å²) in [6, 6.07) is 19.9. The van der Waals surface area contributed by atoms with Crippen molar-refractivity contribution in [1.29, 1.82) is 0 Å². The second-order valence-corrected chi connectivity index (χ2v) is 11.2. The maximum Gasteiger partial charge on any atom is 0.242 e. The Morgan fingerprint density at radius 1 is 1.08 bits per heavy atom. The van der Waals surface area contributed by atoms with Gasteiger partial charge >= 0.3 is 0 Å². The summed E-state index contributed by atoms with van der Waals surface area (Å²) in [5.74, 6) is 0.246. The summed E-state index contributed by atoms with van der Waals surface area (Å²) in [5, 5.41) is 2.77. The van der Waals surface area contributed by atoms with E-state index >= 15 is 0 Å². The molecule has 2 heterocycles. The molecule has 0 N–H and O–H groups in total. The van der Waals surface area contributed by atoms with Crippen LogP contribution >= 0.6 is 22.9 Å². The maximum absolute atomic E-state index is 13.9. The zero-order chi connectivity index (χ0) is 25.8. The Labute approximate surface area is 228 Å². The predicted octanol–water partition coefficient (Wildman–Crippen LogP) is 5.93. The topological polar surface area (TPSA) is 49.9 Å². The summed E-state index contributed by atoms with van der Waals surface area (Å²) >= 11 is 7.90. The molecule has 2 aromatic carbocycles. The zero-order valence-corrected chi connectivity index (χ0v) is 22.7. The predicted molar refractivity (Wildman–Crippen MR) is 148 cm³/mol. The summed E-state index contributed by atoms with van der Waals surface area (Å²) in [6.45, 7) is 4.43. The van der Waals surface area contributed by atoms with Crippen LogP contribution in [0.1, 0.15) is 53.3 Å². The van der Waals surface area contributed by atoms with E-state index in [1.165, 1.54) is 16.0 Å². The van der Waals surface area contributed by atoms with E-state index in [2.05, 4.69) is 23.6 Å². The minimum atomic E-state index is -0.168. The highest BCUT2D eigenvalue weighted by atomic mass is 35.5. The van der Waals surface area contributed by atoms with Crippen molar-refractivity contribution in [3.05, 3.63) is 92.6 Å². The molecule has 0 spiro atoms. The van der Waals surface area contributed by atoms with Gasteiger partial charge in [0.05, 0.1) is 12.6 Å². The molecule has 1 aromatic heterocycles. The zero-order valence-electron chi connectivity index (χ0n) is 21.1. The molecule has 3 aromatic rings. The second kappa shape index (κ2) is 11.8. The highest BCUT2D eigenvalue weighted by Gasteiger charge is 2.46. The van der Waals surface area contributed by atoms with Gasteiger partial charge in [0.15, 0.2) is 0 Å². The van der Waals surface area contributed by atoms with Crippen molar-refractivity contribution >= 4 is 34.8 Å². The average molecular weight is 537 g/mol. The van der Waals surface area contributed by atoms with Crippen LogP contribution in [0.3, 0.4) is 0 Å². The van der Waals surface area contributed by atoms with E-state index in [4.69, 9.17) is 16.3 Å². The number of rotatable bonds is 10. The quantitative estimate of drug-likeness (QED) is 0.301. The lowest BCUT2D eigenvalue weighted by atomic mass is 9.93. The van der Waals surface area contributed by atoms with Gasteiger partial charge in [-0.15, -0.1) is 11.3 Å². The SMILES string of the molecule is CCOCCCN(CC(=O)N1CCc2sccc2C1c1ccc(Cl)cc1)C(=O)C1CC1c1ccccc1. The number of carbonyl (C=O) groups excluding carboxylic acids is 2. The van der Waals surface area contributed by atoms with Gasteiger partial charge in [-0.2, -0.15) is 0 Å². The summed E-state index contributed by atoms with van der Waals surface area (Å²) in [5.41, 5.74) is 3.41. The Hall–Kier alpha value is -2.67. The molecule has 2 amide bonds. The molecule has 1 fully saturated rings. The van der Waals surface area contributed by atoms with Gasteiger partial charge in [-0.05, 0) is 72.4 Å². The van der Waals surface area contributed by atoms with Crippen molar-refractivity contribution in [3.8, 4) is 0 Å².